The van der Waals surface area contributed by atoms with Gasteiger partial charge in [-0.2, -0.15) is 0 Å². The SMILES string of the molecule is CCC(C)NC(CC)C(O)c1ccccc1. The average molecular weight is 221 g/mol. The van der Waals surface area contributed by atoms with E-state index in [0.717, 1.165) is 18.4 Å². The highest BCUT2D eigenvalue weighted by molar-refractivity contribution is 5.18. The molecule has 0 heterocycles. The van der Waals surface area contributed by atoms with Crippen LogP contribution in [0.2, 0.25) is 0 Å². The number of hydrogen-bond acceptors (Lipinski definition) is 2. The maximum atomic E-state index is 10.3. The van der Waals surface area contributed by atoms with Crippen LogP contribution in [0.4, 0.5) is 0 Å². The summed E-state index contributed by atoms with van der Waals surface area (Å²) < 4.78 is 0. The summed E-state index contributed by atoms with van der Waals surface area (Å²) in [6.45, 7) is 6.41. The molecular weight excluding hydrogens is 198 g/mol. The molecule has 0 spiro atoms. The summed E-state index contributed by atoms with van der Waals surface area (Å²) in [5, 5.41) is 13.7. The second-order valence-electron chi connectivity index (χ2n) is 4.35. The van der Waals surface area contributed by atoms with Crippen molar-refractivity contribution in [2.45, 2.75) is 51.8 Å². The Morgan fingerprint density at radius 2 is 1.75 bits per heavy atom. The van der Waals surface area contributed by atoms with Crippen LogP contribution in [0.15, 0.2) is 30.3 Å². The second-order valence-corrected chi connectivity index (χ2v) is 4.35. The fourth-order valence-electron chi connectivity index (χ4n) is 1.80. The molecule has 0 amide bonds. The van der Waals surface area contributed by atoms with Crippen molar-refractivity contribution in [2.75, 3.05) is 0 Å². The molecule has 1 aromatic rings. The lowest BCUT2D eigenvalue weighted by Gasteiger charge is -2.26. The van der Waals surface area contributed by atoms with Crippen LogP contribution < -0.4 is 5.32 Å². The van der Waals surface area contributed by atoms with Gasteiger partial charge < -0.3 is 10.4 Å². The molecule has 0 bridgehead atoms. The van der Waals surface area contributed by atoms with Crippen LogP contribution in [-0.2, 0) is 0 Å². The molecule has 2 N–H and O–H groups in total. The number of aliphatic hydroxyl groups excluding tert-OH is 1. The summed E-state index contributed by atoms with van der Waals surface area (Å²) in [6, 6.07) is 10.4. The number of nitrogens with one attached hydrogen (secondary N) is 1. The predicted molar refractivity (Wildman–Crippen MR) is 68.4 cm³/mol. The number of aliphatic hydroxyl groups is 1. The van der Waals surface area contributed by atoms with Crippen molar-refractivity contribution in [3.8, 4) is 0 Å². The minimum atomic E-state index is -0.416. The predicted octanol–water partition coefficient (Wildman–Crippen LogP) is 2.89. The summed E-state index contributed by atoms with van der Waals surface area (Å²) in [7, 11) is 0. The van der Waals surface area contributed by atoms with Crippen LogP contribution >= 0.6 is 0 Å². The van der Waals surface area contributed by atoms with Gasteiger partial charge in [0.15, 0.2) is 0 Å². The molecule has 2 heteroatoms. The molecule has 0 aliphatic rings. The van der Waals surface area contributed by atoms with Crippen molar-refractivity contribution in [2.24, 2.45) is 0 Å². The first-order valence-corrected chi connectivity index (χ1v) is 6.18. The van der Waals surface area contributed by atoms with Gasteiger partial charge in [0.2, 0.25) is 0 Å². The molecule has 0 saturated heterocycles. The average Bonchev–Trinajstić information content (AvgIpc) is 2.35. The molecular formula is C14H23NO. The second kappa shape index (κ2) is 6.66. The van der Waals surface area contributed by atoms with Gasteiger partial charge in [0.1, 0.15) is 0 Å². The smallest absolute Gasteiger partial charge is 0.0942 e. The van der Waals surface area contributed by atoms with E-state index in [0.29, 0.717) is 6.04 Å². The quantitative estimate of drug-likeness (QED) is 0.774. The van der Waals surface area contributed by atoms with Crippen LogP contribution in [0.1, 0.15) is 45.3 Å². The van der Waals surface area contributed by atoms with Gasteiger partial charge in [-0.05, 0) is 25.3 Å². The van der Waals surface area contributed by atoms with Gasteiger partial charge in [0, 0.05) is 12.1 Å². The molecule has 1 rings (SSSR count). The Balaban J connectivity index is 2.66. The van der Waals surface area contributed by atoms with E-state index in [9.17, 15) is 5.11 Å². The van der Waals surface area contributed by atoms with Gasteiger partial charge in [-0.3, -0.25) is 0 Å². The Labute approximate surface area is 98.7 Å². The van der Waals surface area contributed by atoms with Gasteiger partial charge in [-0.1, -0.05) is 44.2 Å². The van der Waals surface area contributed by atoms with Gasteiger partial charge >= 0.3 is 0 Å². The van der Waals surface area contributed by atoms with Gasteiger partial charge in [0.25, 0.3) is 0 Å². The number of benzene rings is 1. The number of rotatable bonds is 6. The zero-order valence-electron chi connectivity index (χ0n) is 10.5. The van der Waals surface area contributed by atoms with Crippen molar-refractivity contribution in [3.05, 3.63) is 35.9 Å². The first-order chi connectivity index (χ1) is 7.69. The lowest BCUT2D eigenvalue weighted by molar-refractivity contribution is 0.120. The van der Waals surface area contributed by atoms with Gasteiger partial charge in [-0.25, -0.2) is 0 Å². The molecule has 0 fully saturated rings. The van der Waals surface area contributed by atoms with Gasteiger partial charge in [-0.15, -0.1) is 0 Å². The molecule has 0 radical (unpaired) electrons. The topological polar surface area (TPSA) is 32.3 Å². The van der Waals surface area contributed by atoms with Crippen molar-refractivity contribution in [3.63, 3.8) is 0 Å². The molecule has 3 atom stereocenters. The monoisotopic (exact) mass is 221 g/mol. The van der Waals surface area contributed by atoms with E-state index in [1.165, 1.54) is 0 Å². The van der Waals surface area contributed by atoms with Crippen molar-refractivity contribution in [1.82, 2.24) is 5.32 Å². The zero-order valence-corrected chi connectivity index (χ0v) is 10.5. The van der Waals surface area contributed by atoms with E-state index in [1.54, 1.807) is 0 Å². The molecule has 0 aliphatic carbocycles. The molecule has 0 saturated carbocycles. The van der Waals surface area contributed by atoms with Gasteiger partial charge in [0.05, 0.1) is 6.10 Å². The number of hydrogen-bond donors (Lipinski definition) is 2. The Bertz CT molecular complexity index is 286. The minimum absolute atomic E-state index is 0.136. The van der Waals surface area contributed by atoms with Crippen molar-refractivity contribution >= 4 is 0 Å². The Hall–Kier alpha value is -0.860. The molecule has 90 valence electrons. The highest BCUT2D eigenvalue weighted by Gasteiger charge is 2.19. The fourth-order valence-corrected chi connectivity index (χ4v) is 1.80. The Kier molecular flexibility index (Phi) is 5.50. The van der Waals surface area contributed by atoms with E-state index in [4.69, 9.17) is 0 Å². The normalized spacial score (nSPS) is 16.8. The lowest BCUT2D eigenvalue weighted by atomic mass is 9.99. The lowest BCUT2D eigenvalue weighted by Crippen LogP contribution is -2.40. The minimum Gasteiger partial charge on any atom is -0.387 e. The van der Waals surface area contributed by atoms with E-state index >= 15 is 0 Å². The van der Waals surface area contributed by atoms with E-state index in [-0.39, 0.29) is 6.04 Å². The molecule has 3 unspecified atom stereocenters. The van der Waals surface area contributed by atoms with Crippen LogP contribution in [0.3, 0.4) is 0 Å². The highest BCUT2D eigenvalue weighted by atomic mass is 16.3. The molecule has 1 aromatic carbocycles. The Morgan fingerprint density at radius 3 is 2.25 bits per heavy atom. The molecule has 2 nitrogen and oxygen atoms in total. The summed E-state index contributed by atoms with van der Waals surface area (Å²) in [4.78, 5) is 0. The summed E-state index contributed by atoms with van der Waals surface area (Å²) in [5.41, 5.74) is 0.991. The first-order valence-electron chi connectivity index (χ1n) is 6.18. The summed E-state index contributed by atoms with van der Waals surface area (Å²) >= 11 is 0. The van der Waals surface area contributed by atoms with E-state index < -0.39 is 6.10 Å². The third kappa shape index (κ3) is 3.62. The third-order valence-electron chi connectivity index (χ3n) is 3.07. The largest absolute Gasteiger partial charge is 0.387 e. The molecule has 0 aliphatic heterocycles. The van der Waals surface area contributed by atoms with Crippen LogP contribution in [0, 0.1) is 0 Å². The third-order valence-corrected chi connectivity index (χ3v) is 3.07. The maximum absolute atomic E-state index is 10.3. The van der Waals surface area contributed by atoms with Crippen molar-refractivity contribution < 1.29 is 5.11 Å². The standard InChI is InChI=1S/C14H23NO/c1-4-11(3)15-13(5-2)14(16)12-9-7-6-8-10-12/h6-11,13-16H,4-5H2,1-3H3. The van der Waals surface area contributed by atoms with Crippen molar-refractivity contribution in [1.29, 1.82) is 0 Å². The van der Waals surface area contributed by atoms with Crippen LogP contribution in [0.5, 0.6) is 0 Å². The molecule has 16 heavy (non-hydrogen) atoms. The fraction of sp³-hybridized carbons (Fsp3) is 0.571. The summed E-state index contributed by atoms with van der Waals surface area (Å²) in [5.74, 6) is 0. The first kappa shape index (κ1) is 13.2. The molecule has 0 aromatic heterocycles. The highest BCUT2D eigenvalue weighted by Crippen LogP contribution is 2.19. The van der Waals surface area contributed by atoms with E-state index in [2.05, 4.69) is 26.1 Å². The Morgan fingerprint density at radius 1 is 1.12 bits per heavy atom. The van der Waals surface area contributed by atoms with E-state index in [1.807, 2.05) is 30.3 Å². The summed E-state index contributed by atoms with van der Waals surface area (Å²) in [6.07, 6.45) is 1.60. The zero-order chi connectivity index (χ0) is 12.0. The van der Waals surface area contributed by atoms with Crippen LogP contribution in [0.25, 0.3) is 0 Å². The van der Waals surface area contributed by atoms with Crippen LogP contribution in [-0.4, -0.2) is 17.2 Å². The maximum Gasteiger partial charge on any atom is 0.0942 e.